The van der Waals surface area contributed by atoms with E-state index >= 15 is 0 Å². The Balaban J connectivity index is 2.51. The van der Waals surface area contributed by atoms with Crippen LogP contribution in [-0.2, 0) is 0 Å². The summed E-state index contributed by atoms with van der Waals surface area (Å²) < 4.78 is 24.0. The standard InChI is InChI=1S/C9H13F2N3/c1-6(3-8(10)11)13-9-5-12-4-7(2)14-9/h4-6,8H,3H2,1-2H3,(H,13,14). The van der Waals surface area contributed by atoms with Gasteiger partial charge in [0.05, 0.1) is 11.9 Å². The molecule has 1 rings (SSSR count). The van der Waals surface area contributed by atoms with E-state index in [4.69, 9.17) is 0 Å². The zero-order valence-corrected chi connectivity index (χ0v) is 8.17. The van der Waals surface area contributed by atoms with Crippen molar-refractivity contribution in [1.29, 1.82) is 0 Å². The van der Waals surface area contributed by atoms with Gasteiger partial charge in [-0.3, -0.25) is 4.98 Å². The fourth-order valence-electron chi connectivity index (χ4n) is 1.11. The van der Waals surface area contributed by atoms with E-state index in [9.17, 15) is 8.78 Å². The lowest BCUT2D eigenvalue weighted by Gasteiger charge is -2.13. The van der Waals surface area contributed by atoms with Crippen molar-refractivity contribution in [2.45, 2.75) is 32.7 Å². The third kappa shape index (κ3) is 3.64. The molecule has 1 unspecified atom stereocenters. The average molecular weight is 201 g/mol. The molecule has 0 radical (unpaired) electrons. The van der Waals surface area contributed by atoms with Crippen LogP contribution in [0.2, 0.25) is 0 Å². The number of rotatable bonds is 4. The van der Waals surface area contributed by atoms with E-state index in [-0.39, 0.29) is 12.5 Å². The number of hydrogen-bond acceptors (Lipinski definition) is 3. The second-order valence-corrected chi connectivity index (χ2v) is 3.22. The second kappa shape index (κ2) is 4.83. The molecule has 0 aliphatic heterocycles. The quantitative estimate of drug-likeness (QED) is 0.811. The van der Waals surface area contributed by atoms with Crippen LogP contribution >= 0.6 is 0 Å². The first kappa shape index (κ1) is 10.8. The Morgan fingerprint density at radius 3 is 2.71 bits per heavy atom. The zero-order chi connectivity index (χ0) is 10.6. The Labute approximate surface area is 81.6 Å². The molecule has 78 valence electrons. The van der Waals surface area contributed by atoms with E-state index in [1.807, 2.05) is 0 Å². The topological polar surface area (TPSA) is 37.8 Å². The van der Waals surface area contributed by atoms with Crippen molar-refractivity contribution in [3.05, 3.63) is 18.1 Å². The van der Waals surface area contributed by atoms with Gasteiger partial charge in [-0.15, -0.1) is 0 Å². The maximum absolute atomic E-state index is 12.0. The van der Waals surface area contributed by atoms with Crippen LogP contribution in [0, 0.1) is 6.92 Å². The second-order valence-electron chi connectivity index (χ2n) is 3.22. The van der Waals surface area contributed by atoms with Crippen LogP contribution in [-0.4, -0.2) is 22.4 Å². The monoisotopic (exact) mass is 201 g/mol. The summed E-state index contributed by atoms with van der Waals surface area (Å²) in [5, 5.41) is 2.86. The molecule has 0 aliphatic carbocycles. The molecule has 14 heavy (non-hydrogen) atoms. The van der Waals surface area contributed by atoms with Crippen molar-refractivity contribution in [1.82, 2.24) is 9.97 Å². The first-order valence-electron chi connectivity index (χ1n) is 4.41. The normalized spacial score (nSPS) is 12.9. The molecule has 3 nitrogen and oxygen atoms in total. The number of anilines is 1. The average Bonchev–Trinajstić information content (AvgIpc) is 2.01. The van der Waals surface area contributed by atoms with E-state index in [1.54, 1.807) is 20.0 Å². The van der Waals surface area contributed by atoms with Crippen LogP contribution in [0.15, 0.2) is 12.4 Å². The molecule has 0 bridgehead atoms. The third-order valence-electron chi connectivity index (χ3n) is 1.68. The lowest BCUT2D eigenvalue weighted by atomic mass is 10.2. The number of hydrogen-bond donors (Lipinski definition) is 1. The fourth-order valence-corrected chi connectivity index (χ4v) is 1.11. The van der Waals surface area contributed by atoms with E-state index < -0.39 is 6.43 Å². The summed E-state index contributed by atoms with van der Waals surface area (Å²) in [4.78, 5) is 8.01. The van der Waals surface area contributed by atoms with Crippen LogP contribution in [0.5, 0.6) is 0 Å². The van der Waals surface area contributed by atoms with Crippen LogP contribution in [0.1, 0.15) is 19.0 Å². The van der Waals surface area contributed by atoms with E-state index in [2.05, 4.69) is 15.3 Å². The van der Waals surface area contributed by atoms with Gasteiger partial charge in [0, 0.05) is 18.7 Å². The summed E-state index contributed by atoms with van der Waals surface area (Å²) in [6.07, 6.45) is 0.656. The number of aromatic nitrogens is 2. The molecule has 0 spiro atoms. The molecule has 0 saturated heterocycles. The van der Waals surface area contributed by atoms with Crippen LogP contribution in [0.25, 0.3) is 0 Å². The highest BCUT2D eigenvalue weighted by Gasteiger charge is 2.10. The van der Waals surface area contributed by atoms with Gasteiger partial charge >= 0.3 is 0 Å². The van der Waals surface area contributed by atoms with Gasteiger partial charge in [0.2, 0.25) is 6.43 Å². The first-order valence-corrected chi connectivity index (χ1v) is 4.41. The van der Waals surface area contributed by atoms with Gasteiger partial charge in [0.1, 0.15) is 5.82 Å². The van der Waals surface area contributed by atoms with Crippen molar-refractivity contribution >= 4 is 5.82 Å². The van der Waals surface area contributed by atoms with Gasteiger partial charge in [-0.25, -0.2) is 13.8 Å². The van der Waals surface area contributed by atoms with Crippen molar-refractivity contribution < 1.29 is 8.78 Å². The number of halogens is 2. The maximum atomic E-state index is 12.0. The maximum Gasteiger partial charge on any atom is 0.240 e. The smallest absolute Gasteiger partial charge is 0.240 e. The lowest BCUT2D eigenvalue weighted by molar-refractivity contribution is 0.133. The summed E-state index contributed by atoms with van der Waals surface area (Å²) in [7, 11) is 0. The van der Waals surface area contributed by atoms with E-state index in [0.29, 0.717) is 5.82 Å². The number of aryl methyl sites for hydroxylation is 1. The highest BCUT2D eigenvalue weighted by Crippen LogP contribution is 2.09. The van der Waals surface area contributed by atoms with Gasteiger partial charge in [0.25, 0.3) is 0 Å². The molecule has 0 saturated carbocycles. The SMILES string of the molecule is Cc1cncc(NC(C)CC(F)F)n1. The predicted octanol–water partition coefficient (Wildman–Crippen LogP) is 2.24. The molecule has 1 heterocycles. The summed E-state index contributed by atoms with van der Waals surface area (Å²) >= 11 is 0. The van der Waals surface area contributed by atoms with Gasteiger partial charge in [0.15, 0.2) is 0 Å². The Morgan fingerprint density at radius 2 is 2.14 bits per heavy atom. The molecule has 0 fully saturated rings. The minimum atomic E-state index is -2.30. The van der Waals surface area contributed by atoms with Gasteiger partial charge in [-0.2, -0.15) is 0 Å². The molecular weight excluding hydrogens is 188 g/mol. The first-order chi connectivity index (χ1) is 6.58. The number of nitrogens with one attached hydrogen (secondary N) is 1. The van der Waals surface area contributed by atoms with Gasteiger partial charge in [-0.05, 0) is 13.8 Å². The summed E-state index contributed by atoms with van der Waals surface area (Å²) in [6, 6.07) is -0.300. The van der Waals surface area contributed by atoms with Crippen LogP contribution in [0.4, 0.5) is 14.6 Å². The fraction of sp³-hybridized carbons (Fsp3) is 0.556. The molecule has 1 aromatic heterocycles. The Bertz CT molecular complexity index is 291. The third-order valence-corrected chi connectivity index (χ3v) is 1.68. The van der Waals surface area contributed by atoms with Gasteiger partial charge < -0.3 is 5.32 Å². The molecule has 1 atom stereocenters. The van der Waals surface area contributed by atoms with Gasteiger partial charge in [-0.1, -0.05) is 0 Å². The minimum absolute atomic E-state index is 0.185. The Hall–Kier alpha value is -1.26. The molecule has 1 aromatic rings. The molecule has 0 aromatic carbocycles. The minimum Gasteiger partial charge on any atom is -0.366 e. The van der Waals surface area contributed by atoms with E-state index in [1.165, 1.54) is 6.20 Å². The highest BCUT2D eigenvalue weighted by atomic mass is 19.3. The Kier molecular flexibility index (Phi) is 3.73. The van der Waals surface area contributed by atoms with Crippen LogP contribution in [0.3, 0.4) is 0 Å². The molecule has 0 amide bonds. The highest BCUT2D eigenvalue weighted by molar-refractivity contribution is 5.32. The summed E-state index contributed by atoms with van der Waals surface area (Å²) in [6.45, 7) is 3.49. The number of alkyl halides is 2. The largest absolute Gasteiger partial charge is 0.366 e. The van der Waals surface area contributed by atoms with Crippen LogP contribution < -0.4 is 5.32 Å². The summed E-state index contributed by atoms with van der Waals surface area (Å²) in [5.74, 6) is 0.540. The molecule has 1 N–H and O–H groups in total. The zero-order valence-electron chi connectivity index (χ0n) is 8.17. The molecule has 0 aliphatic rings. The lowest BCUT2D eigenvalue weighted by Crippen LogP contribution is -2.19. The predicted molar refractivity (Wildman–Crippen MR) is 50.5 cm³/mol. The van der Waals surface area contributed by atoms with Crippen molar-refractivity contribution in [2.24, 2.45) is 0 Å². The number of nitrogens with zero attached hydrogens (tertiary/aromatic N) is 2. The van der Waals surface area contributed by atoms with Crippen molar-refractivity contribution in [3.8, 4) is 0 Å². The molecular formula is C9H13F2N3. The Morgan fingerprint density at radius 1 is 1.43 bits per heavy atom. The summed E-state index contributed by atoms with van der Waals surface area (Å²) in [5.41, 5.74) is 0.763. The molecule has 5 heteroatoms. The van der Waals surface area contributed by atoms with Crippen molar-refractivity contribution in [3.63, 3.8) is 0 Å². The van der Waals surface area contributed by atoms with Crippen molar-refractivity contribution in [2.75, 3.05) is 5.32 Å². The van der Waals surface area contributed by atoms with E-state index in [0.717, 1.165) is 5.69 Å².